The molecule has 1 saturated carbocycles. The highest BCUT2D eigenvalue weighted by molar-refractivity contribution is 5.77. The number of hydrogen-bond donors (Lipinski definition) is 1. The molecule has 3 fully saturated rings. The number of carbonyl (C=O) groups excluding carboxylic acids is 1. The maximum absolute atomic E-state index is 13.5. The number of urea groups is 1. The van der Waals surface area contributed by atoms with Gasteiger partial charge in [-0.25, -0.2) is 4.79 Å². The number of ether oxygens (including phenoxy) is 1. The Kier molecular flexibility index (Phi) is 6.80. The van der Waals surface area contributed by atoms with Gasteiger partial charge in [-0.3, -0.25) is 4.98 Å². The predicted octanol–water partition coefficient (Wildman–Crippen LogP) is 5.49. The zero-order chi connectivity index (χ0) is 25.5. The van der Waals surface area contributed by atoms with E-state index in [9.17, 15) is 4.79 Å². The lowest BCUT2D eigenvalue weighted by molar-refractivity contribution is 0.00934. The number of nitrogens with one attached hydrogen (secondary N) is 1. The SMILES string of the molecule is C/C(=C/C1CC1)c1cc(-c2cc3c(c([C@@H]4CCCN4)c2)CN(C(=O)N2CCOC[C@@H]2C)CC3)cnc1C. The lowest BCUT2D eigenvalue weighted by Gasteiger charge is -2.39. The highest BCUT2D eigenvalue weighted by atomic mass is 16.5. The van der Waals surface area contributed by atoms with Crippen LogP contribution in [0.25, 0.3) is 16.7 Å². The molecule has 0 radical (unpaired) electrons. The minimum absolute atomic E-state index is 0.127. The average Bonchev–Trinajstić information content (AvgIpc) is 3.55. The van der Waals surface area contributed by atoms with Crippen LogP contribution in [0.15, 0.2) is 30.5 Å². The first-order chi connectivity index (χ1) is 18.0. The average molecular weight is 501 g/mol. The van der Waals surface area contributed by atoms with Crippen molar-refractivity contribution in [1.82, 2.24) is 20.1 Å². The van der Waals surface area contributed by atoms with Crippen LogP contribution < -0.4 is 5.32 Å². The number of nitrogens with zero attached hydrogens (tertiary/aromatic N) is 3. The Morgan fingerprint density at radius 1 is 1.16 bits per heavy atom. The smallest absolute Gasteiger partial charge is 0.320 e. The van der Waals surface area contributed by atoms with E-state index in [-0.39, 0.29) is 12.1 Å². The molecule has 2 saturated heterocycles. The van der Waals surface area contributed by atoms with Gasteiger partial charge in [0.2, 0.25) is 0 Å². The summed E-state index contributed by atoms with van der Waals surface area (Å²) in [6, 6.07) is 7.71. The summed E-state index contributed by atoms with van der Waals surface area (Å²) in [6.07, 6.45) is 10.3. The van der Waals surface area contributed by atoms with E-state index in [0.29, 0.717) is 32.3 Å². The van der Waals surface area contributed by atoms with Gasteiger partial charge in [0.15, 0.2) is 0 Å². The van der Waals surface area contributed by atoms with Crippen molar-refractivity contribution in [2.45, 2.75) is 71.5 Å². The van der Waals surface area contributed by atoms with E-state index >= 15 is 0 Å². The Morgan fingerprint density at radius 2 is 2.03 bits per heavy atom. The monoisotopic (exact) mass is 500 g/mol. The van der Waals surface area contributed by atoms with E-state index < -0.39 is 0 Å². The van der Waals surface area contributed by atoms with Crippen LogP contribution in [0.3, 0.4) is 0 Å². The van der Waals surface area contributed by atoms with E-state index in [1.54, 1.807) is 0 Å². The highest BCUT2D eigenvalue weighted by Gasteiger charge is 2.32. The van der Waals surface area contributed by atoms with Crippen LogP contribution in [0.1, 0.15) is 73.5 Å². The zero-order valence-corrected chi connectivity index (χ0v) is 22.6. The van der Waals surface area contributed by atoms with Crippen LogP contribution in [0, 0.1) is 12.8 Å². The second kappa shape index (κ2) is 10.2. The van der Waals surface area contributed by atoms with Crippen molar-refractivity contribution in [2.75, 3.05) is 32.8 Å². The molecule has 6 nitrogen and oxygen atoms in total. The Bertz CT molecular complexity index is 1210. The summed E-state index contributed by atoms with van der Waals surface area (Å²) >= 11 is 0. The number of aromatic nitrogens is 1. The molecule has 2 aromatic rings. The number of pyridine rings is 1. The minimum Gasteiger partial charge on any atom is -0.377 e. The maximum atomic E-state index is 13.5. The summed E-state index contributed by atoms with van der Waals surface area (Å²) in [5.41, 5.74) is 10.2. The third kappa shape index (κ3) is 5.06. The quantitative estimate of drug-likeness (QED) is 0.603. The van der Waals surface area contributed by atoms with E-state index in [2.05, 4.69) is 55.3 Å². The van der Waals surface area contributed by atoms with Crippen LogP contribution in [0.2, 0.25) is 0 Å². The standard InChI is InChI=1S/C31H40N4O2/c1-20(13-23-6-7-23)27-16-26(17-33-22(27)3)25-14-24-8-10-34(31(36)35-11-12-37-19-21(35)2)18-29(24)28(15-25)30-5-4-9-32-30/h13-17,21,23,30,32H,4-12,18-19H2,1-3H3/b20-13-/t21-,30-/m0/s1. The van der Waals surface area contributed by atoms with E-state index in [1.807, 2.05) is 11.1 Å². The van der Waals surface area contributed by atoms with Crippen LogP contribution in [0.5, 0.6) is 0 Å². The third-order valence-corrected chi connectivity index (χ3v) is 8.65. The van der Waals surface area contributed by atoms with Gasteiger partial charge in [0.05, 0.1) is 19.3 Å². The second-order valence-electron chi connectivity index (χ2n) is 11.5. The molecule has 4 heterocycles. The van der Waals surface area contributed by atoms with Crippen molar-refractivity contribution >= 4 is 11.6 Å². The highest BCUT2D eigenvalue weighted by Crippen LogP contribution is 2.38. The molecular weight excluding hydrogens is 460 g/mol. The molecule has 2 atom stereocenters. The molecule has 1 N–H and O–H groups in total. The summed E-state index contributed by atoms with van der Waals surface area (Å²) in [4.78, 5) is 22.3. The second-order valence-corrected chi connectivity index (χ2v) is 11.5. The molecule has 3 aliphatic heterocycles. The number of morpholine rings is 1. The molecule has 37 heavy (non-hydrogen) atoms. The molecule has 6 rings (SSSR count). The summed E-state index contributed by atoms with van der Waals surface area (Å²) in [5.74, 6) is 0.748. The lowest BCUT2D eigenvalue weighted by Crippen LogP contribution is -2.53. The van der Waals surface area contributed by atoms with Gasteiger partial charge in [-0.15, -0.1) is 0 Å². The summed E-state index contributed by atoms with van der Waals surface area (Å²) in [7, 11) is 0. The number of benzene rings is 1. The summed E-state index contributed by atoms with van der Waals surface area (Å²) < 4.78 is 5.57. The van der Waals surface area contributed by atoms with Gasteiger partial charge in [0.1, 0.15) is 0 Å². The number of hydrogen-bond acceptors (Lipinski definition) is 4. The van der Waals surface area contributed by atoms with Crippen LogP contribution >= 0.6 is 0 Å². The van der Waals surface area contributed by atoms with Gasteiger partial charge in [-0.05, 0) is 111 Å². The van der Waals surface area contributed by atoms with Crippen molar-refractivity contribution in [1.29, 1.82) is 0 Å². The van der Waals surface area contributed by atoms with Crippen LogP contribution in [-0.4, -0.2) is 59.7 Å². The van der Waals surface area contributed by atoms with Gasteiger partial charge in [0, 0.05) is 43.1 Å². The molecule has 2 amide bonds. The molecule has 0 spiro atoms. The number of rotatable bonds is 4. The largest absolute Gasteiger partial charge is 0.377 e. The Labute approximate surface area is 221 Å². The van der Waals surface area contributed by atoms with Crippen molar-refractivity contribution in [3.05, 3.63) is 58.4 Å². The molecule has 1 aromatic heterocycles. The number of allylic oxidation sites excluding steroid dienone is 2. The van der Waals surface area contributed by atoms with E-state index in [1.165, 1.54) is 58.2 Å². The number of carbonyl (C=O) groups is 1. The van der Waals surface area contributed by atoms with Gasteiger partial charge in [-0.2, -0.15) is 0 Å². The summed E-state index contributed by atoms with van der Waals surface area (Å²) in [6.45, 7) is 10.9. The molecule has 196 valence electrons. The Hall–Kier alpha value is -2.70. The van der Waals surface area contributed by atoms with Gasteiger partial charge in [0.25, 0.3) is 0 Å². The summed E-state index contributed by atoms with van der Waals surface area (Å²) in [5, 5.41) is 3.73. The molecule has 4 aliphatic rings. The fourth-order valence-electron chi connectivity index (χ4n) is 6.28. The molecule has 0 unspecified atom stereocenters. The predicted molar refractivity (Wildman–Crippen MR) is 147 cm³/mol. The first-order valence-corrected chi connectivity index (χ1v) is 14.2. The maximum Gasteiger partial charge on any atom is 0.320 e. The van der Waals surface area contributed by atoms with Gasteiger partial charge in [-0.1, -0.05) is 12.1 Å². The van der Waals surface area contributed by atoms with Crippen molar-refractivity contribution in [3.63, 3.8) is 0 Å². The molecular formula is C31H40N4O2. The number of amides is 2. The van der Waals surface area contributed by atoms with Crippen molar-refractivity contribution in [2.24, 2.45) is 5.92 Å². The molecule has 6 heteroatoms. The van der Waals surface area contributed by atoms with Crippen molar-refractivity contribution < 1.29 is 9.53 Å². The fraction of sp³-hybridized carbons (Fsp3) is 0.548. The Morgan fingerprint density at radius 3 is 2.78 bits per heavy atom. The van der Waals surface area contributed by atoms with Crippen molar-refractivity contribution in [3.8, 4) is 11.1 Å². The fourth-order valence-corrected chi connectivity index (χ4v) is 6.28. The Balaban J connectivity index is 1.34. The molecule has 1 aromatic carbocycles. The van der Waals surface area contributed by atoms with E-state index in [4.69, 9.17) is 9.72 Å². The van der Waals surface area contributed by atoms with Gasteiger partial charge < -0.3 is 19.9 Å². The topological polar surface area (TPSA) is 57.7 Å². The van der Waals surface area contributed by atoms with Gasteiger partial charge >= 0.3 is 6.03 Å². The minimum atomic E-state index is 0.127. The lowest BCUT2D eigenvalue weighted by atomic mass is 9.86. The van der Waals surface area contributed by atoms with Crippen LogP contribution in [-0.2, 0) is 17.7 Å². The van der Waals surface area contributed by atoms with Crippen LogP contribution in [0.4, 0.5) is 4.79 Å². The molecule has 1 aliphatic carbocycles. The van der Waals surface area contributed by atoms with E-state index in [0.717, 1.165) is 37.5 Å². The normalized spacial score (nSPS) is 24.4. The first kappa shape index (κ1) is 24.6. The number of aryl methyl sites for hydroxylation is 1. The number of fused-ring (bicyclic) bond motifs is 1. The zero-order valence-electron chi connectivity index (χ0n) is 22.6. The molecule has 0 bridgehead atoms. The third-order valence-electron chi connectivity index (χ3n) is 8.65. The first-order valence-electron chi connectivity index (χ1n) is 14.2.